The molecule has 3 aromatic carbocycles. The minimum atomic E-state index is -0.664. The van der Waals surface area contributed by atoms with Gasteiger partial charge in [0.2, 0.25) is 0 Å². The zero-order valence-corrected chi connectivity index (χ0v) is 20.0. The van der Waals surface area contributed by atoms with Crippen molar-refractivity contribution in [2.75, 3.05) is 19.5 Å². The molecule has 0 radical (unpaired) electrons. The summed E-state index contributed by atoms with van der Waals surface area (Å²) in [5.41, 5.74) is 0.655. The number of rotatable bonds is 8. The van der Waals surface area contributed by atoms with Gasteiger partial charge in [-0.2, -0.15) is 0 Å². The molecule has 0 unspecified atom stereocenters. The Labute approximate surface area is 210 Å². The van der Waals surface area contributed by atoms with Crippen LogP contribution >= 0.6 is 23.2 Å². The molecule has 2 N–H and O–H groups in total. The van der Waals surface area contributed by atoms with Crippen LogP contribution in [0.1, 0.15) is 15.9 Å². The Kier molecular flexibility index (Phi) is 8.30. The maximum absolute atomic E-state index is 13.1. The number of hydrogen-bond acceptors (Lipinski definition) is 6. The summed E-state index contributed by atoms with van der Waals surface area (Å²) in [6.45, 7) is 0. The van der Waals surface area contributed by atoms with Crippen LogP contribution < -0.4 is 20.1 Å². The van der Waals surface area contributed by atoms with E-state index in [1.54, 1.807) is 18.2 Å². The molecule has 0 bridgehead atoms. The summed E-state index contributed by atoms with van der Waals surface area (Å²) in [7, 11) is 2.93. The second-order valence-corrected chi connectivity index (χ2v) is 7.82. The van der Waals surface area contributed by atoms with E-state index in [0.717, 1.165) is 0 Å². The maximum Gasteiger partial charge on any atom is 0.272 e. The van der Waals surface area contributed by atoms with Gasteiger partial charge in [-0.25, -0.2) is 0 Å². The molecular weight excluding hydrogens is 497 g/mol. The number of carbonyl (C=O) groups excluding carboxylic acids is 2. The van der Waals surface area contributed by atoms with E-state index in [2.05, 4.69) is 10.6 Å². The van der Waals surface area contributed by atoms with Gasteiger partial charge >= 0.3 is 0 Å². The molecular formula is C24H19Cl2N3O6. The van der Waals surface area contributed by atoms with Crippen molar-refractivity contribution < 1.29 is 24.0 Å². The van der Waals surface area contributed by atoms with Gasteiger partial charge in [-0.05, 0) is 60.2 Å². The number of carbonyl (C=O) groups is 2. The first-order valence-corrected chi connectivity index (χ1v) is 10.7. The number of benzene rings is 3. The van der Waals surface area contributed by atoms with E-state index in [9.17, 15) is 19.7 Å². The molecule has 0 saturated heterocycles. The van der Waals surface area contributed by atoms with Gasteiger partial charge in [0.05, 0.1) is 34.8 Å². The van der Waals surface area contributed by atoms with E-state index in [0.29, 0.717) is 22.7 Å². The summed E-state index contributed by atoms with van der Waals surface area (Å²) in [5, 5.41) is 16.5. The molecule has 11 heteroatoms. The number of anilines is 1. The highest BCUT2D eigenvalue weighted by Gasteiger charge is 2.18. The molecule has 0 aliphatic carbocycles. The number of halogens is 2. The van der Waals surface area contributed by atoms with Crippen molar-refractivity contribution in [1.29, 1.82) is 0 Å². The molecule has 0 heterocycles. The van der Waals surface area contributed by atoms with Crippen LogP contribution in [0.2, 0.25) is 10.0 Å². The zero-order chi connectivity index (χ0) is 25.5. The quantitative estimate of drug-likeness (QED) is 0.237. The third-order valence-corrected chi connectivity index (χ3v) is 5.35. The number of nitro groups is 1. The van der Waals surface area contributed by atoms with Crippen molar-refractivity contribution in [2.45, 2.75) is 0 Å². The second kappa shape index (κ2) is 11.4. The van der Waals surface area contributed by atoms with E-state index in [4.69, 9.17) is 32.7 Å². The fraction of sp³-hybridized carbons (Fsp3) is 0.0833. The van der Waals surface area contributed by atoms with Crippen molar-refractivity contribution in [1.82, 2.24) is 5.32 Å². The zero-order valence-electron chi connectivity index (χ0n) is 18.5. The Hall–Kier alpha value is -4.08. The van der Waals surface area contributed by atoms with Crippen molar-refractivity contribution in [3.8, 4) is 11.5 Å². The third kappa shape index (κ3) is 6.50. The SMILES string of the molecule is COc1ccc(C(=O)NC(=Cc2ccc([N+](=O)[O-])cc2)C(=O)Nc2ccc(OC)c(Cl)c2)c(Cl)c1. The molecule has 0 fully saturated rings. The van der Waals surface area contributed by atoms with Crippen LogP contribution in [0.4, 0.5) is 11.4 Å². The summed E-state index contributed by atoms with van der Waals surface area (Å²) < 4.78 is 10.2. The van der Waals surface area contributed by atoms with Gasteiger partial charge in [0.25, 0.3) is 17.5 Å². The minimum Gasteiger partial charge on any atom is -0.497 e. The predicted octanol–water partition coefficient (Wildman–Crippen LogP) is 5.33. The van der Waals surface area contributed by atoms with E-state index in [1.165, 1.54) is 62.8 Å². The Morgan fingerprint density at radius 1 is 0.943 bits per heavy atom. The first kappa shape index (κ1) is 25.5. The summed E-state index contributed by atoms with van der Waals surface area (Å²) in [6, 6.07) is 14.6. The van der Waals surface area contributed by atoms with Crippen molar-refractivity contribution >= 4 is 52.5 Å². The molecule has 0 aliphatic rings. The smallest absolute Gasteiger partial charge is 0.272 e. The molecule has 35 heavy (non-hydrogen) atoms. The highest BCUT2D eigenvalue weighted by molar-refractivity contribution is 6.34. The lowest BCUT2D eigenvalue weighted by Gasteiger charge is -2.13. The van der Waals surface area contributed by atoms with E-state index in [1.807, 2.05) is 0 Å². The number of non-ortho nitro benzene ring substituents is 1. The van der Waals surface area contributed by atoms with Crippen LogP contribution in [-0.2, 0) is 4.79 Å². The van der Waals surface area contributed by atoms with Crippen LogP contribution in [0.5, 0.6) is 11.5 Å². The fourth-order valence-electron chi connectivity index (χ4n) is 2.96. The van der Waals surface area contributed by atoms with Crippen molar-refractivity contribution in [3.05, 3.63) is 97.6 Å². The van der Waals surface area contributed by atoms with Crippen LogP contribution in [0.3, 0.4) is 0 Å². The molecule has 0 saturated carbocycles. The number of nitro benzene ring substituents is 1. The number of amides is 2. The summed E-state index contributed by atoms with van der Waals surface area (Å²) in [4.78, 5) is 36.4. The maximum atomic E-state index is 13.1. The Bertz CT molecular complexity index is 1310. The highest BCUT2D eigenvalue weighted by Crippen LogP contribution is 2.28. The Balaban J connectivity index is 1.93. The standard InChI is InChI=1S/C24H19Cl2N3O6/c1-34-17-8-9-18(19(25)13-17)23(30)28-21(11-14-3-6-16(7-4-14)29(32)33)24(31)27-15-5-10-22(35-2)20(26)12-15/h3-13H,1-2H3,(H,27,31)(H,28,30). The van der Waals surface area contributed by atoms with Gasteiger partial charge in [-0.1, -0.05) is 23.2 Å². The number of nitrogens with one attached hydrogen (secondary N) is 2. The average molecular weight is 516 g/mol. The van der Waals surface area contributed by atoms with E-state index in [-0.39, 0.29) is 27.0 Å². The number of ether oxygens (including phenoxy) is 2. The Morgan fingerprint density at radius 3 is 2.23 bits per heavy atom. The summed E-state index contributed by atoms with van der Waals surface area (Å²) >= 11 is 12.3. The predicted molar refractivity (Wildman–Crippen MR) is 133 cm³/mol. The van der Waals surface area contributed by atoms with Crippen LogP contribution in [0, 0.1) is 10.1 Å². The lowest BCUT2D eigenvalue weighted by molar-refractivity contribution is -0.384. The van der Waals surface area contributed by atoms with E-state index >= 15 is 0 Å². The lowest BCUT2D eigenvalue weighted by atomic mass is 10.1. The molecule has 180 valence electrons. The number of hydrogen-bond donors (Lipinski definition) is 2. The Morgan fingerprint density at radius 2 is 1.66 bits per heavy atom. The molecule has 0 spiro atoms. The molecule has 9 nitrogen and oxygen atoms in total. The van der Waals surface area contributed by atoms with Gasteiger partial charge in [-0.3, -0.25) is 19.7 Å². The van der Waals surface area contributed by atoms with Crippen LogP contribution in [-0.4, -0.2) is 31.0 Å². The third-order valence-electron chi connectivity index (χ3n) is 4.74. The molecule has 3 aromatic rings. The minimum absolute atomic E-state index is 0.113. The van der Waals surface area contributed by atoms with Gasteiger partial charge < -0.3 is 20.1 Å². The molecule has 3 rings (SSSR count). The normalized spacial score (nSPS) is 10.9. The van der Waals surface area contributed by atoms with Crippen LogP contribution in [0.25, 0.3) is 6.08 Å². The van der Waals surface area contributed by atoms with Gasteiger partial charge in [-0.15, -0.1) is 0 Å². The average Bonchev–Trinajstić information content (AvgIpc) is 2.83. The summed E-state index contributed by atoms with van der Waals surface area (Å²) in [6.07, 6.45) is 1.37. The highest BCUT2D eigenvalue weighted by atomic mass is 35.5. The molecule has 0 aliphatic heterocycles. The van der Waals surface area contributed by atoms with Gasteiger partial charge in [0.15, 0.2) is 0 Å². The molecule has 0 atom stereocenters. The number of methoxy groups -OCH3 is 2. The first-order valence-electron chi connectivity index (χ1n) is 9.97. The number of nitrogens with zero attached hydrogens (tertiary/aromatic N) is 1. The van der Waals surface area contributed by atoms with Crippen molar-refractivity contribution in [2.24, 2.45) is 0 Å². The topological polar surface area (TPSA) is 120 Å². The summed E-state index contributed by atoms with van der Waals surface area (Å²) in [5.74, 6) is -0.424. The molecule has 0 aromatic heterocycles. The monoisotopic (exact) mass is 515 g/mol. The lowest BCUT2D eigenvalue weighted by Crippen LogP contribution is -2.31. The first-order chi connectivity index (χ1) is 16.7. The second-order valence-electron chi connectivity index (χ2n) is 7.01. The van der Waals surface area contributed by atoms with Gasteiger partial charge in [0, 0.05) is 17.8 Å². The molecule has 2 amide bonds. The van der Waals surface area contributed by atoms with E-state index < -0.39 is 16.7 Å². The largest absolute Gasteiger partial charge is 0.497 e. The van der Waals surface area contributed by atoms with Crippen molar-refractivity contribution in [3.63, 3.8) is 0 Å². The van der Waals surface area contributed by atoms with Gasteiger partial charge in [0.1, 0.15) is 17.2 Å². The fourth-order valence-corrected chi connectivity index (χ4v) is 3.47. The van der Waals surface area contributed by atoms with Crippen LogP contribution in [0.15, 0.2) is 66.4 Å².